The number of hydrogen-bond acceptors (Lipinski definition) is 6. The van der Waals surface area contributed by atoms with Crippen molar-refractivity contribution in [3.8, 4) is 11.5 Å². The average molecular weight is 1260 g/mol. The van der Waals surface area contributed by atoms with E-state index in [4.69, 9.17) is 14.6 Å². The quantitative estimate of drug-likeness (QED) is 0.0463. The van der Waals surface area contributed by atoms with Gasteiger partial charge in [0.2, 0.25) is 0 Å². The normalized spacial score (nSPS) is 12.7. The topological polar surface area (TPSA) is 93.1 Å². The summed E-state index contributed by atoms with van der Waals surface area (Å²) in [7, 11) is 0. The molecule has 0 radical (unpaired) electrons. The van der Waals surface area contributed by atoms with Gasteiger partial charge in [-0.1, -0.05) is 262 Å². The van der Waals surface area contributed by atoms with Crippen LogP contribution in [-0.4, -0.2) is 22.2 Å². The Balaban J connectivity index is 0.000000560. The molecule has 6 aromatic carbocycles. The summed E-state index contributed by atoms with van der Waals surface area (Å²) in [5.41, 5.74) is 16.2. The Bertz CT molecular complexity index is 2970. The number of unbranched alkanes of at least 4 members (excludes halogenated alkanes) is 5. The number of hydrogen-bond donors (Lipinski definition) is 2. The number of aryl methyl sites for hydroxylation is 7. The van der Waals surface area contributed by atoms with Gasteiger partial charge in [0.05, 0.1) is 10.8 Å². The lowest BCUT2D eigenvalue weighted by Gasteiger charge is -2.27. The first kappa shape index (κ1) is 83.9. The van der Waals surface area contributed by atoms with Crippen LogP contribution < -0.4 is 0 Å². The smallest absolute Gasteiger partial charge is 0.312 e. The van der Waals surface area contributed by atoms with Crippen LogP contribution in [0.15, 0.2) is 127 Å². The largest absolute Gasteiger partial charge is 0.508 e. The number of rotatable bonds is 24. The van der Waals surface area contributed by atoms with E-state index in [0.29, 0.717) is 34.2 Å². The maximum absolute atomic E-state index is 12.2. The summed E-state index contributed by atoms with van der Waals surface area (Å²) in [5.74, 6) is 1.94. The number of carbonyl (C=O) groups excluding carboxylic acids is 2. The minimum atomic E-state index is -0.419. The van der Waals surface area contributed by atoms with Gasteiger partial charge in [0, 0.05) is 0 Å². The second kappa shape index (κ2) is 41.5. The molecule has 6 rings (SSSR count). The predicted octanol–water partition coefficient (Wildman–Crippen LogP) is 25.4. The van der Waals surface area contributed by atoms with E-state index in [2.05, 4.69) is 203 Å². The molecule has 0 bridgehead atoms. The van der Waals surface area contributed by atoms with E-state index >= 15 is 0 Å². The van der Waals surface area contributed by atoms with E-state index in [1.807, 2.05) is 85.7 Å². The van der Waals surface area contributed by atoms with E-state index in [1.165, 1.54) is 113 Å². The SMILES string of the molecule is CCC(C)(C)C(=O)OC(C)c1c(C)cc(C)cc1C.CCC(C)(C)C(=O)OC(c1ccc(C)cc1)C(C)C.CCC(C)(C)c1ccc(C)cc1.CCC(C)c1ccc(O)c(C)c1.CCC(C)c1ccc(O)cc1.CCCCCCCCc1ccc(C(C)(C)CC)cc1. The summed E-state index contributed by atoms with van der Waals surface area (Å²) < 4.78 is 11.4. The van der Waals surface area contributed by atoms with E-state index in [0.717, 1.165) is 42.4 Å². The Morgan fingerprint density at radius 2 is 0.826 bits per heavy atom. The monoisotopic (exact) mass is 1260 g/mol. The standard InChI is InChI=1S/C19H32.2C17H26O2.C12H18.C11H16O.C10H14O/c1-5-7-8-9-10-11-12-17-13-15-18(16-14-17)19(3,4)6-2;1-8-17(6,7)16(18)19-14(5)15-12(3)9-11(2)10-13(15)4;1-7-17(5,6)16(18)19-15(12(2)3)14-10-8-13(4)9-11-14;1-5-12(3,4)11-8-6-10(2)7-9-11;1-4-8(2)10-5-6-11(12)9(3)7-10;1-3-8(2)9-4-6-10(11)7-5-9/h13-16H,5-12H2,1-4H3;9-10,14H,8H2,1-7H3;8-12,15H,7H2,1-6H3;6-9H,5H2,1-4H3;5-8,12H,4H2,1-3H3;4-8,11H,3H2,1-2H3. The van der Waals surface area contributed by atoms with Crippen LogP contribution in [0.25, 0.3) is 0 Å². The molecule has 4 unspecified atom stereocenters. The minimum Gasteiger partial charge on any atom is -0.508 e. The van der Waals surface area contributed by atoms with Crippen LogP contribution in [0, 0.1) is 58.3 Å². The first-order chi connectivity index (χ1) is 43.0. The second-order valence-electron chi connectivity index (χ2n) is 29.1. The van der Waals surface area contributed by atoms with Gasteiger partial charge in [-0.05, 0) is 230 Å². The van der Waals surface area contributed by atoms with Crippen LogP contribution in [0.3, 0.4) is 0 Å². The maximum atomic E-state index is 12.2. The maximum Gasteiger partial charge on any atom is 0.312 e. The van der Waals surface area contributed by atoms with Crippen molar-refractivity contribution in [2.75, 3.05) is 0 Å². The van der Waals surface area contributed by atoms with Crippen molar-refractivity contribution in [1.82, 2.24) is 0 Å². The molecule has 0 saturated carbocycles. The van der Waals surface area contributed by atoms with Crippen molar-refractivity contribution in [3.05, 3.63) is 200 Å². The molecule has 512 valence electrons. The Kier molecular flexibility index (Phi) is 37.9. The molecule has 0 heterocycles. The third-order valence-electron chi connectivity index (χ3n) is 19.2. The van der Waals surface area contributed by atoms with Crippen molar-refractivity contribution >= 4 is 11.9 Å². The Hall–Kier alpha value is -6.14. The predicted molar refractivity (Wildman–Crippen MR) is 398 cm³/mol. The fourth-order valence-electron chi connectivity index (χ4n) is 10.0. The molecule has 92 heavy (non-hydrogen) atoms. The lowest BCUT2D eigenvalue weighted by molar-refractivity contribution is -0.162. The highest BCUT2D eigenvalue weighted by molar-refractivity contribution is 5.76. The van der Waals surface area contributed by atoms with Gasteiger partial charge in [-0.15, -0.1) is 0 Å². The molecular formula is C86H132O6. The van der Waals surface area contributed by atoms with E-state index in [-0.39, 0.29) is 30.1 Å². The molecule has 2 N–H and O–H groups in total. The number of carbonyl (C=O) groups is 2. The summed E-state index contributed by atoms with van der Waals surface area (Å²) in [4.78, 5) is 24.4. The summed E-state index contributed by atoms with van der Waals surface area (Å²) in [6, 6.07) is 43.9. The molecule has 0 aliphatic carbocycles. The van der Waals surface area contributed by atoms with Crippen LogP contribution in [0.5, 0.6) is 11.5 Å². The third-order valence-corrected chi connectivity index (χ3v) is 19.2. The first-order valence-corrected chi connectivity index (χ1v) is 35.3. The number of esters is 2. The van der Waals surface area contributed by atoms with Crippen LogP contribution >= 0.6 is 0 Å². The molecular weight excluding hydrogens is 1130 g/mol. The van der Waals surface area contributed by atoms with E-state index < -0.39 is 10.8 Å². The lowest BCUT2D eigenvalue weighted by Crippen LogP contribution is -2.28. The highest BCUT2D eigenvalue weighted by Gasteiger charge is 2.32. The highest BCUT2D eigenvalue weighted by atomic mass is 16.5. The van der Waals surface area contributed by atoms with Crippen LogP contribution in [-0.2, 0) is 36.3 Å². The van der Waals surface area contributed by atoms with Gasteiger partial charge in [-0.25, -0.2) is 0 Å². The highest BCUT2D eigenvalue weighted by Crippen LogP contribution is 2.34. The second-order valence-corrected chi connectivity index (χ2v) is 29.1. The summed E-state index contributed by atoms with van der Waals surface area (Å²) in [6.45, 7) is 54.9. The average Bonchev–Trinajstić information content (AvgIpc) is 0.927. The molecule has 6 nitrogen and oxygen atoms in total. The van der Waals surface area contributed by atoms with Gasteiger partial charge in [0.15, 0.2) is 0 Å². The van der Waals surface area contributed by atoms with Crippen LogP contribution in [0.2, 0.25) is 0 Å². The summed E-state index contributed by atoms with van der Waals surface area (Å²) >= 11 is 0. The van der Waals surface area contributed by atoms with Gasteiger partial charge >= 0.3 is 11.9 Å². The van der Waals surface area contributed by atoms with Crippen molar-refractivity contribution in [2.45, 2.75) is 298 Å². The Labute approximate surface area is 564 Å². The van der Waals surface area contributed by atoms with Gasteiger partial charge in [-0.2, -0.15) is 0 Å². The zero-order valence-electron chi connectivity index (χ0n) is 63.2. The van der Waals surface area contributed by atoms with E-state index in [9.17, 15) is 14.7 Å². The fraction of sp³-hybridized carbons (Fsp3) is 0.558. The van der Waals surface area contributed by atoms with E-state index in [1.54, 1.807) is 18.2 Å². The van der Waals surface area contributed by atoms with Gasteiger partial charge in [0.25, 0.3) is 0 Å². The number of ether oxygens (including phenoxy) is 2. The number of aromatic hydroxyl groups is 2. The number of phenols is 2. The van der Waals surface area contributed by atoms with Gasteiger partial charge in [0.1, 0.15) is 23.7 Å². The first-order valence-electron chi connectivity index (χ1n) is 35.3. The number of phenolic OH excluding ortho intramolecular Hbond substituents is 2. The zero-order chi connectivity index (χ0) is 70.2. The molecule has 6 aromatic rings. The molecule has 0 amide bonds. The molecule has 6 heteroatoms. The van der Waals surface area contributed by atoms with Crippen LogP contribution in [0.4, 0.5) is 0 Å². The lowest BCUT2D eigenvalue weighted by atomic mass is 9.82. The van der Waals surface area contributed by atoms with Crippen molar-refractivity contribution in [1.29, 1.82) is 0 Å². The summed E-state index contributed by atoms with van der Waals surface area (Å²) in [5, 5.41) is 18.3. The molecule has 0 aliphatic heterocycles. The molecule has 4 atom stereocenters. The van der Waals surface area contributed by atoms with Crippen LogP contribution in [0.1, 0.15) is 312 Å². The van der Waals surface area contributed by atoms with Crippen molar-refractivity contribution in [3.63, 3.8) is 0 Å². The van der Waals surface area contributed by atoms with Gasteiger partial charge < -0.3 is 19.7 Å². The molecule has 0 spiro atoms. The number of benzene rings is 6. The molecule has 0 saturated heterocycles. The molecule has 0 fully saturated rings. The zero-order valence-corrected chi connectivity index (χ0v) is 63.2. The third kappa shape index (κ3) is 29.9. The van der Waals surface area contributed by atoms with Crippen molar-refractivity contribution < 1.29 is 29.3 Å². The van der Waals surface area contributed by atoms with Gasteiger partial charge in [-0.3, -0.25) is 9.59 Å². The molecule has 0 aliphatic rings. The Morgan fingerprint density at radius 1 is 0.424 bits per heavy atom. The van der Waals surface area contributed by atoms with Crippen molar-refractivity contribution in [2.24, 2.45) is 16.7 Å². The molecule has 0 aromatic heterocycles. The summed E-state index contributed by atoms with van der Waals surface area (Å²) in [6.07, 6.45) is 15.4. The Morgan fingerprint density at radius 3 is 1.25 bits per heavy atom. The minimum absolute atomic E-state index is 0.116. The fourth-order valence-corrected chi connectivity index (χ4v) is 10.0.